The molecule has 0 aliphatic heterocycles. The second kappa shape index (κ2) is 13.5. The highest BCUT2D eigenvalue weighted by molar-refractivity contribution is 6.16. The van der Waals surface area contributed by atoms with Crippen LogP contribution >= 0.6 is 0 Å². The molecule has 61 heavy (non-hydrogen) atoms. The summed E-state index contributed by atoms with van der Waals surface area (Å²) in [6, 6.07) is 74.8. The van der Waals surface area contributed by atoms with Crippen molar-refractivity contribution in [1.82, 2.24) is 13.7 Å². The van der Waals surface area contributed by atoms with Crippen molar-refractivity contribution in [1.29, 1.82) is 10.5 Å². The maximum absolute atomic E-state index is 11.2. The molecular formula is C56H33N5. The van der Waals surface area contributed by atoms with Crippen molar-refractivity contribution in [2.45, 2.75) is 0 Å². The van der Waals surface area contributed by atoms with E-state index < -0.39 is 0 Å². The number of aromatic nitrogens is 3. The van der Waals surface area contributed by atoms with E-state index in [4.69, 9.17) is 0 Å². The van der Waals surface area contributed by atoms with Gasteiger partial charge in [-0.1, -0.05) is 127 Å². The van der Waals surface area contributed by atoms with Crippen molar-refractivity contribution in [3.63, 3.8) is 0 Å². The van der Waals surface area contributed by atoms with Gasteiger partial charge < -0.3 is 13.7 Å². The van der Waals surface area contributed by atoms with E-state index in [0.29, 0.717) is 11.1 Å². The van der Waals surface area contributed by atoms with Gasteiger partial charge >= 0.3 is 0 Å². The van der Waals surface area contributed by atoms with Crippen molar-refractivity contribution in [2.75, 3.05) is 0 Å². The highest BCUT2D eigenvalue weighted by Crippen LogP contribution is 2.43. The van der Waals surface area contributed by atoms with E-state index in [-0.39, 0.29) is 0 Å². The molecule has 0 N–H and O–H groups in total. The fourth-order valence-electron chi connectivity index (χ4n) is 9.72. The van der Waals surface area contributed by atoms with E-state index in [1.54, 1.807) is 0 Å². The zero-order chi connectivity index (χ0) is 40.6. The van der Waals surface area contributed by atoms with E-state index in [0.717, 1.165) is 94.0 Å². The van der Waals surface area contributed by atoms with Crippen molar-refractivity contribution >= 4 is 65.4 Å². The van der Waals surface area contributed by atoms with Gasteiger partial charge in [0.25, 0.3) is 0 Å². The minimum Gasteiger partial charge on any atom is -0.309 e. The summed E-state index contributed by atoms with van der Waals surface area (Å²) in [6.45, 7) is 0. The zero-order valence-corrected chi connectivity index (χ0v) is 32.8. The van der Waals surface area contributed by atoms with Crippen LogP contribution in [0.25, 0.3) is 105 Å². The van der Waals surface area contributed by atoms with Crippen LogP contribution in [0.1, 0.15) is 11.1 Å². The molecule has 9 aromatic carbocycles. The van der Waals surface area contributed by atoms with Crippen LogP contribution in [0.4, 0.5) is 0 Å². The zero-order valence-electron chi connectivity index (χ0n) is 32.8. The molecule has 3 aromatic heterocycles. The minimum absolute atomic E-state index is 0.591. The standard InChI is InChI=1S/C56H33N5/c57-34-36-28-29-55-47(30-36)44-20-6-10-25-52(44)59(55)39-17-12-16-38(31-39)41-22-13-27-54(49(41)35-58)61-53-26-11-7-21-45(53)48-33-40(32-46(56(48)61)37-14-2-1-3-15-37)60-50-23-8-4-18-42(50)43-19-5-9-24-51(43)60/h1-33H. The van der Waals surface area contributed by atoms with Crippen molar-refractivity contribution < 1.29 is 0 Å². The number of rotatable bonds is 5. The maximum Gasteiger partial charge on any atom is 0.102 e. The Morgan fingerprint density at radius 3 is 1.52 bits per heavy atom. The highest BCUT2D eigenvalue weighted by atomic mass is 15.0. The lowest BCUT2D eigenvalue weighted by Crippen LogP contribution is -2.02. The molecule has 0 aliphatic rings. The number of benzene rings is 9. The quantitative estimate of drug-likeness (QED) is 0.175. The third-order valence-electron chi connectivity index (χ3n) is 12.3. The van der Waals surface area contributed by atoms with Gasteiger partial charge in [0.2, 0.25) is 0 Å². The third-order valence-corrected chi connectivity index (χ3v) is 12.3. The summed E-state index contributed by atoms with van der Waals surface area (Å²) in [5, 5.41) is 27.7. The van der Waals surface area contributed by atoms with E-state index >= 15 is 0 Å². The molecule has 0 atom stereocenters. The molecule has 0 spiro atoms. The van der Waals surface area contributed by atoms with Crippen LogP contribution in [0.15, 0.2) is 200 Å². The average molecular weight is 776 g/mol. The Labute approximate surface area is 351 Å². The van der Waals surface area contributed by atoms with Crippen molar-refractivity contribution in [3.05, 3.63) is 211 Å². The van der Waals surface area contributed by atoms with Crippen molar-refractivity contribution in [2.24, 2.45) is 0 Å². The summed E-state index contributed by atoms with van der Waals surface area (Å²) < 4.78 is 6.93. The number of nitrogens with zero attached hydrogens (tertiary/aromatic N) is 5. The number of hydrogen-bond donors (Lipinski definition) is 0. The molecule has 0 unspecified atom stereocenters. The first kappa shape index (κ1) is 34.4. The molecule has 0 fully saturated rings. The summed E-state index contributed by atoms with van der Waals surface area (Å²) in [4.78, 5) is 0. The number of fused-ring (bicyclic) bond motifs is 9. The van der Waals surface area contributed by atoms with Gasteiger partial charge in [0.1, 0.15) is 6.07 Å². The first-order valence-corrected chi connectivity index (χ1v) is 20.4. The fourth-order valence-corrected chi connectivity index (χ4v) is 9.72. The lowest BCUT2D eigenvalue weighted by atomic mass is 9.97. The molecule has 3 heterocycles. The number of para-hydroxylation sites is 4. The number of nitriles is 2. The summed E-state index contributed by atoms with van der Waals surface area (Å²) in [7, 11) is 0. The normalized spacial score (nSPS) is 11.6. The van der Waals surface area contributed by atoms with E-state index in [2.05, 4.69) is 196 Å². The number of hydrogen-bond acceptors (Lipinski definition) is 2. The van der Waals surface area contributed by atoms with Gasteiger partial charge in [0.15, 0.2) is 0 Å². The van der Waals surface area contributed by atoms with Crippen LogP contribution in [-0.4, -0.2) is 13.7 Å². The predicted molar refractivity (Wildman–Crippen MR) is 250 cm³/mol. The third kappa shape index (κ3) is 5.12. The molecule has 0 aliphatic carbocycles. The molecule has 5 heteroatoms. The van der Waals surface area contributed by atoms with Crippen LogP contribution < -0.4 is 0 Å². The van der Waals surface area contributed by atoms with E-state index in [1.165, 1.54) is 10.8 Å². The first-order chi connectivity index (χ1) is 30.2. The Hall–Kier alpha value is -8.64. The first-order valence-electron chi connectivity index (χ1n) is 20.4. The lowest BCUT2D eigenvalue weighted by molar-refractivity contribution is 1.16. The predicted octanol–water partition coefficient (Wildman–Crippen LogP) is 14.1. The second-order valence-corrected chi connectivity index (χ2v) is 15.5. The Balaban J connectivity index is 1.12. The van der Waals surface area contributed by atoms with Gasteiger partial charge in [-0.15, -0.1) is 0 Å². The average Bonchev–Trinajstić information content (AvgIpc) is 3.97. The van der Waals surface area contributed by atoms with Gasteiger partial charge in [0, 0.05) is 54.8 Å². The highest BCUT2D eigenvalue weighted by Gasteiger charge is 2.23. The molecule has 0 saturated carbocycles. The fraction of sp³-hybridized carbons (Fsp3) is 0. The van der Waals surface area contributed by atoms with Crippen molar-refractivity contribution in [3.8, 4) is 51.5 Å². The molecule has 12 aromatic rings. The lowest BCUT2D eigenvalue weighted by Gasteiger charge is -2.17. The molecule has 0 amide bonds. The Morgan fingerprint density at radius 1 is 0.328 bits per heavy atom. The maximum atomic E-state index is 11.2. The summed E-state index contributed by atoms with van der Waals surface area (Å²) in [6.07, 6.45) is 0. The van der Waals surface area contributed by atoms with Gasteiger partial charge in [0.05, 0.1) is 56.0 Å². The summed E-state index contributed by atoms with van der Waals surface area (Å²) in [5.74, 6) is 0. The Bertz CT molecular complexity index is 3790. The largest absolute Gasteiger partial charge is 0.309 e. The molecule has 282 valence electrons. The molecule has 0 saturated heterocycles. The Morgan fingerprint density at radius 2 is 0.869 bits per heavy atom. The Kier molecular flexibility index (Phi) is 7.59. The topological polar surface area (TPSA) is 62.4 Å². The van der Waals surface area contributed by atoms with Gasteiger partial charge in [-0.3, -0.25) is 0 Å². The summed E-state index contributed by atoms with van der Waals surface area (Å²) in [5.41, 5.74) is 14.5. The van der Waals surface area contributed by atoms with Gasteiger partial charge in [-0.05, 0) is 83.9 Å². The summed E-state index contributed by atoms with van der Waals surface area (Å²) >= 11 is 0. The van der Waals surface area contributed by atoms with Crippen LogP contribution in [0, 0.1) is 22.7 Å². The monoisotopic (exact) mass is 775 g/mol. The van der Waals surface area contributed by atoms with Gasteiger partial charge in [-0.2, -0.15) is 10.5 Å². The molecule has 0 bridgehead atoms. The van der Waals surface area contributed by atoms with Gasteiger partial charge in [-0.25, -0.2) is 0 Å². The van der Waals surface area contributed by atoms with Crippen LogP contribution in [-0.2, 0) is 0 Å². The molecule has 5 nitrogen and oxygen atoms in total. The van der Waals surface area contributed by atoms with Crippen LogP contribution in [0.5, 0.6) is 0 Å². The van der Waals surface area contributed by atoms with E-state index in [1.807, 2.05) is 30.3 Å². The second-order valence-electron chi connectivity index (χ2n) is 15.5. The molecular weight excluding hydrogens is 743 g/mol. The minimum atomic E-state index is 0.591. The van der Waals surface area contributed by atoms with Crippen LogP contribution in [0.3, 0.4) is 0 Å². The SMILES string of the molecule is N#Cc1ccc2c(c1)c1ccccc1n2-c1cccc(-c2cccc(-n3c4ccccc4c4cc(-n5c6ccccc6c6ccccc65)cc(-c5ccccc5)c43)c2C#N)c1. The molecule has 12 rings (SSSR count). The molecule has 0 radical (unpaired) electrons. The van der Waals surface area contributed by atoms with Crippen LogP contribution in [0.2, 0.25) is 0 Å². The van der Waals surface area contributed by atoms with E-state index in [9.17, 15) is 10.5 Å². The smallest absolute Gasteiger partial charge is 0.102 e.